The average Bonchev–Trinajstić information content (AvgIpc) is 3.14. The van der Waals surface area contributed by atoms with Crippen LogP contribution in [0.5, 0.6) is 0 Å². The first kappa shape index (κ1) is 22.8. The Morgan fingerprint density at radius 3 is 2.27 bits per heavy atom. The number of piperidine rings is 1. The van der Waals surface area contributed by atoms with Crippen LogP contribution < -0.4 is 5.32 Å². The maximum absolute atomic E-state index is 12.8. The molecule has 33 heavy (non-hydrogen) atoms. The van der Waals surface area contributed by atoms with E-state index >= 15 is 0 Å². The molecule has 0 saturated carbocycles. The van der Waals surface area contributed by atoms with E-state index in [1.807, 2.05) is 31.2 Å². The van der Waals surface area contributed by atoms with E-state index in [2.05, 4.69) is 29.6 Å². The van der Waals surface area contributed by atoms with Crippen LogP contribution in [0.25, 0.3) is 11.1 Å². The molecule has 3 atom stereocenters. The number of carboxylic acids is 1. The van der Waals surface area contributed by atoms with Crippen molar-refractivity contribution in [1.82, 2.24) is 10.2 Å². The molecule has 2 aromatic carbocycles. The summed E-state index contributed by atoms with van der Waals surface area (Å²) in [6.45, 7) is 4.86. The summed E-state index contributed by atoms with van der Waals surface area (Å²) in [5.41, 5.74) is 4.63. The van der Waals surface area contributed by atoms with E-state index in [1.54, 1.807) is 11.8 Å². The van der Waals surface area contributed by atoms with E-state index in [9.17, 15) is 19.5 Å². The fourth-order valence-electron chi connectivity index (χ4n) is 5.00. The Morgan fingerprint density at radius 2 is 1.70 bits per heavy atom. The maximum Gasteiger partial charge on any atom is 0.407 e. The summed E-state index contributed by atoms with van der Waals surface area (Å²) in [4.78, 5) is 38.1. The van der Waals surface area contributed by atoms with Crippen molar-refractivity contribution in [2.24, 2.45) is 17.8 Å². The van der Waals surface area contributed by atoms with Crippen LogP contribution in [0.4, 0.5) is 4.79 Å². The molecule has 174 valence electrons. The van der Waals surface area contributed by atoms with Crippen molar-refractivity contribution in [2.75, 3.05) is 26.2 Å². The number of amides is 2. The minimum absolute atomic E-state index is 0.0146. The number of alkyl carbamates (subject to hydrolysis) is 1. The fraction of sp³-hybridized carbons (Fsp3) is 0.423. The number of hydrogen-bond acceptors (Lipinski definition) is 4. The van der Waals surface area contributed by atoms with Gasteiger partial charge in [-0.05, 0) is 34.6 Å². The topological polar surface area (TPSA) is 95.9 Å². The minimum Gasteiger partial charge on any atom is -0.481 e. The summed E-state index contributed by atoms with van der Waals surface area (Å²) in [6, 6.07) is 16.3. The first-order valence-corrected chi connectivity index (χ1v) is 11.5. The third kappa shape index (κ3) is 4.72. The number of nitrogens with zero attached hydrogens (tertiary/aromatic N) is 1. The second-order valence-electron chi connectivity index (χ2n) is 9.10. The number of rotatable bonds is 6. The highest BCUT2D eigenvalue weighted by molar-refractivity contribution is 5.81. The number of carboxylic acid groups (broad SMARTS) is 1. The van der Waals surface area contributed by atoms with E-state index in [0.29, 0.717) is 19.5 Å². The molecule has 7 heteroatoms. The number of fused-ring (bicyclic) bond motifs is 3. The number of carbonyl (C=O) groups excluding carboxylic acids is 2. The lowest BCUT2D eigenvalue weighted by atomic mass is 9.86. The largest absolute Gasteiger partial charge is 0.481 e. The van der Waals surface area contributed by atoms with Gasteiger partial charge in [0, 0.05) is 25.6 Å². The molecular weight excluding hydrogens is 420 g/mol. The summed E-state index contributed by atoms with van der Waals surface area (Å²) >= 11 is 0. The second kappa shape index (κ2) is 9.65. The molecule has 0 spiro atoms. The van der Waals surface area contributed by atoms with Gasteiger partial charge >= 0.3 is 12.1 Å². The van der Waals surface area contributed by atoms with Crippen LogP contribution in [0.1, 0.15) is 37.3 Å². The quantitative estimate of drug-likeness (QED) is 0.699. The summed E-state index contributed by atoms with van der Waals surface area (Å²) in [5.74, 6) is -1.83. The number of benzene rings is 2. The lowest BCUT2D eigenvalue weighted by molar-refractivity contribution is -0.149. The van der Waals surface area contributed by atoms with Crippen LogP contribution >= 0.6 is 0 Å². The molecule has 2 amide bonds. The molecule has 0 aromatic heterocycles. The van der Waals surface area contributed by atoms with Crippen molar-refractivity contribution in [3.63, 3.8) is 0 Å². The van der Waals surface area contributed by atoms with Crippen molar-refractivity contribution < 1.29 is 24.2 Å². The van der Waals surface area contributed by atoms with Crippen molar-refractivity contribution in [1.29, 1.82) is 0 Å². The Labute approximate surface area is 193 Å². The molecule has 2 aliphatic rings. The van der Waals surface area contributed by atoms with Crippen molar-refractivity contribution >= 4 is 18.0 Å². The predicted molar refractivity (Wildman–Crippen MR) is 124 cm³/mol. The molecule has 1 aliphatic heterocycles. The fourth-order valence-corrected chi connectivity index (χ4v) is 5.00. The average molecular weight is 451 g/mol. The van der Waals surface area contributed by atoms with E-state index in [4.69, 9.17) is 4.74 Å². The van der Waals surface area contributed by atoms with Gasteiger partial charge in [0.05, 0.1) is 11.8 Å². The van der Waals surface area contributed by atoms with Crippen LogP contribution in [0.2, 0.25) is 0 Å². The third-order valence-electron chi connectivity index (χ3n) is 6.85. The van der Waals surface area contributed by atoms with Gasteiger partial charge in [-0.1, -0.05) is 62.4 Å². The van der Waals surface area contributed by atoms with Gasteiger partial charge in [-0.25, -0.2) is 4.79 Å². The zero-order chi connectivity index (χ0) is 23.5. The molecule has 7 nitrogen and oxygen atoms in total. The number of nitrogens with one attached hydrogen (secondary N) is 1. The van der Waals surface area contributed by atoms with E-state index in [-0.39, 0.29) is 30.9 Å². The maximum atomic E-state index is 12.8. The Hall–Kier alpha value is -3.35. The van der Waals surface area contributed by atoms with Gasteiger partial charge < -0.3 is 20.1 Å². The molecule has 2 N–H and O–H groups in total. The smallest absolute Gasteiger partial charge is 0.407 e. The number of likely N-dealkylation sites (tertiary alicyclic amines) is 1. The molecule has 0 radical (unpaired) electrons. The van der Waals surface area contributed by atoms with Gasteiger partial charge in [0.1, 0.15) is 6.61 Å². The zero-order valence-electron chi connectivity index (χ0n) is 19.0. The molecule has 1 aliphatic carbocycles. The molecule has 1 heterocycles. The van der Waals surface area contributed by atoms with Crippen LogP contribution in [0.3, 0.4) is 0 Å². The van der Waals surface area contributed by atoms with Crippen molar-refractivity contribution in [3.8, 4) is 11.1 Å². The SMILES string of the molecule is CC(CNC(=O)OCC1c2ccccc2-c2ccccc21)C(=O)N1CCC(C(=O)O)C(C)C1. The highest BCUT2D eigenvalue weighted by Crippen LogP contribution is 2.44. The van der Waals surface area contributed by atoms with Gasteiger partial charge in [-0.2, -0.15) is 0 Å². The lowest BCUT2D eigenvalue weighted by Gasteiger charge is -2.36. The molecule has 0 bridgehead atoms. The number of carbonyl (C=O) groups is 3. The van der Waals surface area contributed by atoms with Crippen molar-refractivity contribution in [2.45, 2.75) is 26.2 Å². The van der Waals surface area contributed by atoms with Gasteiger partial charge in [0.2, 0.25) is 5.91 Å². The van der Waals surface area contributed by atoms with Gasteiger partial charge in [-0.15, -0.1) is 0 Å². The molecule has 1 saturated heterocycles. The summed E-state index contributed by atoms with van der Waals surface area (Å²) in [5, 5.41) is 12.0. The second-order valence-corrected chi connectivity index (χ2v) is 9.10. The van der Waals surface area contributed by atoms with Crippen LogP contribution in [0.15, 0.2) is 48.5 Å². The molecule has 4 rings (SSSR count). The third-order valence-corrected chi connectivity index (χ3v) is 6.85. The highest BCUT2D eigenvalue weighted by atomic mass is 16.5. The predicted octanol–water partition coefficient (Wildman–Crippen LogP) is 3.73. The molecule has 2 aromatic rings. The van der Waals surface area contributed by atoms with Crippen LogP contribution in [-0.2, 0) is 14.3 Å². The van der Waals surface area contributed by atoms with Gasteiger partial charge in [0.15, 0.2) is 0 Å². The zero-order valence-corrected chi connectivity index (χ0v) is 19.0. The van der Waals surface area contributed by atoms with Crippen molar-refractivity contribution in [3.05, 3.63) is 59.7 Å². The minimum atomic E-state index is -0.806. The standard InChI is InChI=1S/C26H30N2O5/c1-16(24(29)28-12-11-18(25(30)31)17(2)14-28)13-27-26(32)33-15-23-21-9-5-3-7-19(21)20-8-4-6-10-22(20)23/h3-10,16-18,23H,11-15H2,1-2H3,(H,27,32)(H,30,31). The molecule has 3 unspecified atom stereocenters. The van der Waals surface area contributed by atoms with E-state index in [1.165, 1.54) is 11.1 Å². The Morgan fingerprint density at radius 1 is 1.09 bits per heavy atom. The Bertz CT molecular complexity index is 1010. The first-order valence-electron chi connectivity index (χ1n) is 11.5. The summed E-state index contributed by atoms with van der Waals surface area (Å²) < 4.78 is 5.53. The Kier molecular flexibility index (Phi) is 6.67. The first-order chi connectivity index (χ1) is 15.9. The lowest BCUT2D eigenvalue weighted by Crippen LogP contribution is -2.48. The van der Waals surface area contributed by atoms with E-state index < -0.39 is 23.9 Å². The number of aliphatic carboxylic acids is 1. The van der Waals surface area contributed by atoms with Gasteiger partial charge in [0.25, 0.3) is 0 Å². The van der Waals surface area contributed by atoms with Gasteiger partial charge in [-0.3, -0.25) is 9.59 Å². The Balaban J connectivity index is 1.28. The van der Waals surface area contributed by atoms with E-state index in [0.717, 1.165) is 11.1 Å². The van der Waals surface area contributed by atoms with Crippen LogP contribution in [0, 0.1) is 17.8 Å². The molecule has 1 fully saturated rings. The number of hydrogen-bond donors (Lipinski definition) is 2. The summed E-state index contributed by atoms with van der Waals surface area (Å²) in [7, 11) is 0. The number of ether oxygens (including phenoxy) is 1. The monoisotopic (exact) mass is 450 g/mol. The summed E-state index contributed by atoms with van der Waals surface area (Å²) in [6.07, 6.45) is -0.0936. The van der Waals surface area contributed by atoms with Crippen LogP contribution in [-0.4, -0.2) is 54.2 Å². The molecular formula is C26H30N2O5. The highest BCUT2D eigenvalue weighted by Gasteiger charge is 2.34. The normalized spacial score (nSPS) is 20.5.